The number of ketones is 1. The van der Waals surface area contributed by atoms with Crippen LogP contribution in [-0.4, -0.2) is 68.7 Å². The number of piperazine rings is 1. The first-order valence-electron chi connectivity index (χ1n) is 14.2. The number of hydrogen-bond donors (Lipinski definition) is 2. The third kappa shape index (κ3) is 5.76. The van der Waals surface area contributed by atoms with E-state index in [0.717, 1.165) is 86.2 Å². The number of nitrogens with zero attached hydrogens (tertiary/aromatic N) is 2. The summed E-state index contributed by atoms with van der Waals surface area (Å²) in [6.07, 6.45) is 3.31. The normalized spacial score (nSPS) is 18.8. The molecule has 2 heterocycles. The number of likely N-dealkylation sites (N-methyl/N-ethyl adjacent to an activating group) is 1. The van der Waals surface area contributed by atoms with Crippen molar-refractivity contribution < 1.29 is 9.90 Å². The van der Waals surface area contributed by atoms with E-state index in [4.69, 9.17) is 0 Å². The van der Waals surface area contributed by atoms with Crippen molar-refractivity contribution in [2.24, 2.45) is 5.92 Å². The Kier molecular flexibility index (Phi) is 8.39. The van der Waals surface area contributed by atoms with Gasteiger partial charge in [0.15, 0.2) is 5.78 Å². The Balaban J connectivity index is 1.13. The van der Waals surface area contributed by atoms with E-state index in [1.807, 2.05) is 72.8 Å². The molecule has 2 fully saturated rings. The van der Waals surface area contributed by atoms with Gasteiger partial charge in [0.2, 0.25) is 0 Å². The van der Waals surface area contributed by atoms with E-state index in [2.05, 4.69) is 29.4 Å². The molecule has 0 saturated carbocycles. The Morgan fingerprint density at radius 1 is 0.895 bits per heavy atom. The fourth-order valence-corrected chi connectivity index (χ4v) is 6.36. The number of hydrogen-bond acceptors (Lipinski definition) is 4. The SMILES string of the molecule is C[N+]1(c2ccc(C(=O)CCCN3CCC(C(O)(c4ccccc4)c4ccccc4)CC3)cc2)CCNCC1. The molecule has 0 unspecified atom stereocenters. The molecule has 5 heteroatoms. The Morgan fingerprint density at radius 3 is 2.00 bits per heavy atom. The van der Waals surface area contributed by atoms with Crippen molar-refractivity contribution in [1.29, 1.82) is 0 Å². The van der Waals surface area contributed by atoms with Crippen LogP contribution in [-0.2, 0) is 5.60 Å². The predicted octanol–water partition coefficient (Wildman–Crippen LogP) is 4.84. The van der Waals surface area contributed by atoms with E-state index in [-0.39, 0.29) is 11.7 Å². The number of quaternary nitrogens is 1. The number of Topliss-reactive ketones (excluding diaryl/α,β-unsaturated/α-hetero) is 1. The van der Waals surface area contributed by atoms with E-state index in [1.165, 1.54) is 5.69 Å². The topological polar surface area (TPSA) is 52.6 Å². The molecule has 0 aliphatic carbocycles. The second-order valence-electron chi connectivity index (χ2n) is 11.3. The lowest BCUT2D eigenvalue weighted by Gasteiger charge is -2.42. The maximum absolute atomic E-state index is 12.9. The maximum Gasteiger partial charge on any atom is 0.162 e. The fraction of sp³-hybridized carbons (Fsp3) is 0.424. The molecule has 2 aliphatic rings. The third-order valence-electron chi connectivity index (χ3n) is 8.86. The van der Waals surface area contributed by atoms with Crippen molar-refractivity contribution in [3.8, 4) is 0 Å². The van der Waals surface area contributed by atoms with Gasteiger partial charge in [-0.15, -0.1) is 0 Å². The highest BCUT2D eigenvalue weighted by molar-refractivity contribution is 5.96. The quantitative estimate of drug-likeness (QED) is 0.318. The molecular weight excluding hydrogens is 470 g/mol. The van der Waals surface area contributed by atoms with Crippen LogP contribution in [0.3, 0.4) is 0 Å². The molecule has 5 rings (SSSR count). The molecule has 0 radical (unpaired) electrons. The summed E-state index contributed by atoms with van der Waals surface area (Å²) < 4.78 is 0.932. The zero-order valence-electron chi connectivity index (χ0n) is 22.7. The van der Waals surface area contributed by atoms with Crippen molar-refractivity contribution in [3.63, 3.8) is 0 Å². The molecule has 200 valence electrons. The molecule has 2 N–H and O–H groups in total. The number of carbonyl (C=O) groups excluding carboxylic acids is 1. The summed E-state index contributed by atoms with van der Waals surface area (Å²) in [7, 11) is 2.28. The second-order valence-corrected chi connectivity index (χ2v) is 11.3. The van der Waals surface area contributed by atoms with Gasteiger partial charge in [-0.25, -0.2) is 0 Å². The van der Waals surface area contributed by atoms with Gasteiger partial charge in [-0.1, -0.05) is 60.7 Å². The summed E-state index contributed by atoms with van der Waals surface area (Å²) >= 11 is 0. The molecule has 3 aromatic rings. The lowest BCUT2D eigenvalue weighted by molar-refractivity contribution is -0.0142. The van der Waals surface area contributed by atoms with E-state index in [0.29, 0.717) is 6.42 Å². The van der Waals surface area contributed by atoms with Crippen molar-refractivity contribution in [2.45, 2.75) is 31.3 Å². The molecule has 38 heavy (non-hydrogen) atoms. The number of aliphatic hydroxyl groups is 1. The number of likely N-dealkylation sites (tertiary alicyclic amines) is 1. The van der Waals surface area contributed by atoms with E-state index in [1.54, 1.807) is 0 Å². The van der Waals surface area contributed by atoms with E-state index in [9.17, 15) is 9.90 Å². The van der Waals surface area contributed by atoms with E-state index >= 15 is 0 Å². The zero-order valence-corrected chi connectivity index (χ0v) is 22.7. The van der Waals surface area contributed by atoms with Gasteiger partial charge < -0.3 is 15.3 Å². The smallest absolute Gasteiger partial charge is 0.162 e. The largest absolute Gasteiger partial charge is 0.380 e. The van der Waals surface area contributed by atoms with Crippen LogP contribution in [0.15, 0.2) is 84.9 Å². The number of carbonyl (C=O) groups is 1. The van der Waals surface area contributed by atoms with Crippen LogP contribution in [0, 0.1) is 5.92 Å². The minimum absolute atomic E-state index is 0.156. The highest BCUT2D eigenvalue weighted by Crippen LogP contribution is 2.41. The number of nitrogens with one attached hydrogen (secondary N) is 1. The highest BCUT2D eigenvalue weighted by Gasteiger charge is 2.41. The van der Waals surface area contributed by atoms with Crippen LogP contribution >= 0.6 is 0 Å². The summed E-state index contributed by atoms with van der Waals surface area (Å²) in [5.74, 6) is 0.390. The van der Waals surface area contributed by atoms with Gasteiger partial charge >= 0.3 is 0 Å². The summed E-state index contributed by atoms with van der Waals surface area (Å²) in [5, 5.41) is 15.5. The molecule has 5 nitrogen and oxygen atoms in total. The molecule has 2 aliphatic heterocycles. The van der Waals surface area contributed by atoms with Crippen LogP contribution in [0.5, 0.6) is 0 Å². The van der Waals surface area contributed by atoms with Crippen molar-refractivity contribution in [3.05, 3.63) is 102 Å². The van der Waals surface area contributed by atoms with Crippen molar-refractivity contribution in [1.82, 2.24) is 14.7 Å². The third-order valence-corrected chi connectivity index (χ3v) is 8.86. The molecule has 0 aromatic heterocycles. The number of piperidine rings is 1. The first-order valence-corrected chi connectivity index (χ1v) is 14.2. The molecule has 3 aromatic carbocycles. The molecule has 0 spiro atoms. The van der Waals surface area contributed by atoms with Gasteiger partial charge in [0, 0.05) is 25.1 Å². The molecule has 0 bridgehead atoms. The highest BCUT2D eigenvalue weighted by atomic mass is 16.3. The van der Waals surface area contributed by atoms with Gasteiger partial charge in [0.05, 0.1) is 20.1 Å². The number of benzene rings is 3. The maximum atomic E-state index is 12.9. The first-order chi connectivity index (χ1) is 18.5. The first kappa shape index (κ1) is 26.8. The van der Waals surface area contributed by atoms with Gasteiger partial charge in [-0.05, 0) is 80.2 Å². The monoisotopic (exact) mass is 512 g/mol. The molecule has 0 amide bonds. The van der Waals surface area contributed by atoms with Gasteiger partial charge in [0.25, 0.3) is 0 Å². The fourth-order valence-electron chi connectivity index (χ4n) is 6.36. The molecule has 0 atom stereocenters. The average molecular weight is 513 g/mol. The second kappa shape index (κ2) is 11.9. The predicted molar refractivity (Wildman–Crippen MR) is 155 cm³/mol. The Morgan fingerprint density at radius 2 is 1.45 bits per heavy atom. The number of rotatable bonds is 9. The van der Waals surface area contributed by atoms with Crippen LogP contribution in [0.25, 0.3) is 0 Å². The molecular formula is C33H42N3O2+. The lowest BCUT2D eigenvalue weighted by Crippen LogP contribution is -2.57. The molecule has 2 saturated heterocycles. The minimum Gasteiger partial charge on any atom is -0.380 e. The zero-order chi connectivity index (χ0) is 26.4. The standard InChI is InChI=1S/C33H42N3O2/c1-36(25-20-34-21-26-36)31-16-14-27(15-17-31)32(37)13-8-22-35-23-18-30(19-24-35)33(38,28-9-4-2-5-10-28)29-11-6-3-7-12-29/h2-7,9-12,14-17,30,34,38H,8,13,18-26H2,1H3/q+1. The van der Waals surface area contributed by atoms with Crippen LogP contribution in [0.4, 0.5) is 5.69 Å². The Bertz CT molecular complexity index is 1130. The van der Waals surface area contributed by atoms with E-state index < -0.39 is 5.60 Å². The summed E-state index contributed by atoms with van der Waals surface area (Å²) in [5.41, 5.74) is 3.06. The Labute approximate surface area is 227 Å². The lowest BCUT2D eigenvalue weighted by atomic mass is 9.72. The van der Waals surface area contributed by atoms with Gasteiger partial charge in [-0.3, -0.25) is 9.28 Å². The summed E-state index contributed by atoms with van der Waals surface area (Å²) in [6, 6.07) is 28.5. The minimum atomic E-state index is -0.985. The summed E-state index contributed by atoms with van der Waals surface area (Å²) in [4.78, 5) is 15.3. The van der Waals surface area contributed by atoms with Crippen molar-refractivity contribution in [2.75, 3.05) is 52.9 Å². The van der Waals surface area contributed by atoms with Crippen LogP contribution < -0.4 is 9.80 Å². The Hall–Kier alpha value is -2.83. The average Bonchev–Trinajstić information content (AvgIpc) is 2.98. The van der Waals surface area contributed by atoms with Crippen LogP contribution in [0.2, 0.25) is 0 Å². The van der Waals surface area contributed by atoms with Crippen LogP contribution in [0.1, 0.15) is 47.2 Å². The van der Waals surface area contributed by atoms with Gasteiger partial charge in [0.1, 0.15) is 11.3 Å². The summed E-state index contributed by atoms with van der Waals surface area (Å²) in [6.45, 7) is 7.05. The van der Waals surface area contributed by atoms with Gasteiger partial charge in [-0.2, -0.15) is 0 Å². The van der Waals surface area contributed by atoms with Crippen molar-refractivity contribution >= 4 is 11.5 Å².